The molecule has 2 aliphatic rings. The first kappa shape index (κ1) is 13.5. The summed E-state index contributed by atoms with van der Waals surface area (Å²) in [6.07, 6.45) is 4.89. The highest BCUT2D eigenvalue weighted by atomic mass is 32.1. The minimum atomic E-state index is -0.326. The first-order chi connectivity index (χ1) is 9.22. The fraction of sp³-hybridized carbons (Fsp3) is 0.786. The van der Waals surface area contributed by atoms with Crippen LogP contribution in [-0.4, -0.2) is 43.2 Å². The number of methoxy groups -OCH3 is 2. The van der Waals surface area contributed by atoms with Crippen molar-refractivity contribution in [2.75, 3.05) is 21.3 Å². The van der Waals surface area contributed by atoms with E-state index in [2.05, 4.69) is 17.3 Å². The first-order valence-corrected chi connectivity index (χ1v) is 7.83. The van der Waals surface area contributed by atoms with E-state index in [9.17, 15) is 0 Å². The third-order valence-electron chi connectivity index (χ3n) is 4.66. The highest BCUT2D eigenvalue weighted by Crippen LogP contribution is 2.43. The molecule has 0 saturated carbocycles. The SMILES string of the molecule is COC(OC)c1csc(C2CC3CCC(C2)N3C)n1. The number of piperidine rings is 1. The zero-order valence-corrected chi connectivity index (χ0v) is 12.7. The molecule has 0 amide bonds. The summed E-state index contributed by atoms with van der Waals surface area (Å²) in [5.74, 6) is 0.627. The van der Waals surface area contributed by atoms with Crippen molar-refractivity contribution >= 4 is 11.3 Å². The molecule has 19 heavy (non-hydrogen) atoms. The van der Waals surface area contributed by atoms with E-state index in [-0.39, 0.29) is 6.29 Å². The molecule has 1 aromatic rings. The Balaban J connectivity index is 1.73. The van der Waals surface area contributed by atoms with Crippen LogP contribution in [-0.2, 0) is 9.47 Å². The number of fused-ring (bicyclic) bond motifs is 2. The van der Waals surface area contributed by atoms with Crippen LogP contribution in [0.1, 0.15) is 48.6 Å². The van der Waals surface area contributed by atoms with Crippen LogP contribution in [0.5, 0.6) is 0 Å². The van der Waals surface area contributed by atoms with Gasteiger partial charge in [0, 0.05) is 37.6 Å². The van der Waals surface area contributed by atoms with E-state index in [0.717, 1.165) is 17.8 Å². The summed E-state index contributed by atoms with van der Waals surface area (Å²) in [7, 11) is 5.59. The molecule has 106 valence electrons. The third-order valence-corrected chi connectivity index (χ3v) is 5.68. The molecular formula is C14H22N2O2S. The van der Waals surface area contributed by atoms with E-state index in [1.54, 1.807) is 25.6 Å². The number of nitrogens with zero attached hydrogens (tertiary/aromatic N) is 2. The van der Waals surface area contributed by atoms with Crippen LogP contribution >= 0.6 is 11.3 Å². The number of ether oxygens (including phenoxy) is 2. The van der Waals surface area contributed by atoms with Gasteiger partial charge >= 0.3 is 0 Å². The summed E-state index contributed by atoms with van der Waals surface area (Å²) in [6, 6.07) is 1.52. The smallest absolute Gasteiger partial charge is 0.201 e. The lowest BCUT2D eigenvalue weighted by Crippen LogP contribution is -2.39. The van der Waals surface area contributed by atoms with Gasteiger partial charge in [-0.1, -0.05) is 0 Å². The summed E-state index contributed by atoms with van der Waals surface area (Å²) in [5, 5.41) is 3.34. The second-order valence-corrected chi connectivity index (χ2v) is 6.52. The molecule has 2 unspecified atom stereocenters. The molecule has 1 aromatic heterocycles. The molecule has 0 aliphatic carbocycles. The number of hydrogen-bond acceptors (Lipinski definition) is 5. The lowest BCUT2D eigenvalue weighted by atomic mass is 9.92. The van der Waals surface area contributed by atoms with Gasteiger partial charge in [-0.3, -0.25) is 0 Å². The zero-order valence-electron chi connectivity index (χ0n) is 11.8. The van der Waals surface area contributed by atoms with Gasteiger partial charge in [0.1, 0.15) is 5.69 Å². The Kier molecular flexibility index (Phi) is 3.89. The molecule has 2 fully saturated rings. The molecule has 5 heteroatoms. The molecule has 4 nitrogen and oxygen atoms in total. The van der Waals surface area contributed by atoms with Gasteiger partial charge in [0.2, 0.25) is 6.29 Å². The molecule has 0 spiro atoms. The quantitative estimate of drug-likeness (QED) is 0.795. The van der Waals surface area contributed by atoms with Crippen molar-refractivity contribution in [3.63, 3.8) is 0 Å². The van der Waals surface area contributed by atoms with Crippen molar-refractivity contribution in [3.05, 3.63) is 16.1 Å². The van der Waals surface area contributed by atoms with E-state index >= 15 is 0 Å². The first-order valence-electron chi connectivity index (χ1n) is 6.95. The van der Waals surface area contributed by atoms with Crippen molar-refractivity contribution in [2.24, 2.45) is 0 Å². The highest BCUT2D eigenvalue weighted by molar-refractivity contribution is 7.09. The van der Waals surface area contributed by atoms with E-state index in [0.29, 0.717) is 5.92 Å². The molecule has 2 saturated heterocycles. The van der Waals surface area contributed by atoms with Gasteiger partial charge < -0.3 is 14.4 Å². The second kappa shape index (κ2) is 5.48. The van der Waals surface area contributed by atoms with E-state index in [1.165, 1.54) is 30.7 Å². The van der Waals surface area contributed by atoms with Crippen LogP contribution in [0.2, 0.25) is 0 Å². The molecule has 2 atom stereocenters. The van der Waals surface area contributed by atoms with Crippen molar-refractivity contribution in [1.29, 1.82) is 0 Å². The summed E-state index contributed by atoms with van der Waals surface area (Å²) < 4.78 is 10.5. The average Bonchev–Trinajstić information content (AvgIpc) is 2.95. The van der Waals surface area contributed by atoms with Crippen molar-refractivity contribution < 1.29 is 9.47 Å². The van der Waals surface area contributed by atoms with E-state index in [1.807, 2.05) is 0 Å². The number of rotatable bonds is 4. The van der Waals surface area contributed by atoms with Crippen molar-refractivity contribution in [1.82, 2.24) is 9.88 Å². The molecule has 0 radical (unpaired) electrons. The van der Waals surface area contributed by atoms with E-state index < -0.39 is 0 Å². The fourth-order valence-corrected chi connectivity index (χ4v) is 4.50. The predicted octanol–water partition coefficient (Wildman–Crippen LogP) is 2.77. The molecule has 2 aliphatic heterocycles. The summed E-state index contributed by atoms with van der Waals surface area (Å²) in [5.41, 5.74) is 0.913. The molecule has 0 N–H and O–H groups in total. The van der Waals surface area contributed by atoms with Crippen LogP contribution < -0.4 is 0 Å². The molecule has 2 bridgehead atoms. The van der Waals surface area contributed by atoms with Gasteiger partial charge in [-0.25, -0.2) is 4.98 Å². The molecule has 3 rings (SSSR count). The Morgan fingerprint density at radius 1 is 1.26 bits per heavy atom. The Bertz CT molecular complexity index is 419. The Morgan fingerprint density at radius 2 is 1.89 bits per heavy atom. The van der Waals surface area contributed by atoms with E-state index in [4.69, 9.17) is 14.5 Å². The number of thiazole rings is 1. The van der Waals surface area contributed by atoms with Gasteiger partial charge in [-0.15, -0.1) is 11.3 Å². The topological polar surface area (TPSA) is 34.6 Å². The highest BCUT2D eigenvalue weighted by Gasteiger charge is 2.39. The van der Waals surface area contributed by atoms with Crippen molar-refractivity contribution in [3.8, 4) is 0 Å². The standard InChI is InChI=1S/C14H22N2O2S/c1-16-10-4-5-11(16)7-9(6-10)13-15-12(8-19-13)14(17-2)18-3/h8-11,14H,4-7H2,1-3H3. The van der Waals surface area contributed by atoms with Gasteiger partial charge in [0.25, 0.3) is 0 Å². The second-order valence-electron chi connectivity index (χ2n) is 5.63. The van der Waals surface area contributed by atoms with Crippen LogP contribution in [0.4, 0.5) is 0 Å². The fourth-order valence-electron chi connectivity index (χ4n) is 3.55. The van der Waals surface area contributed by atoms with Gasteiger partial charge in [-0.05, 0) is 32.7 Å². The monoisotopic (exact) mass is 282 g/mol. The number of hydrogen-bond donors (Lipinski definition) is 0. The Labute approximate surface area is 118 Å². The van der Waals surface area contributed by atoms with Gasteiger partial charge in [0.05, 0.1) is 5.01 Å². The maximum atomic E-state index is 5.27. The van der Waals surface area contributed by atoms with Crippen molar-refractivity contribution in [2.45, 2.75) is 50.0 Å². The average molecular weight is 282 g/mol. The minimum Gasteiger partial charge on any atom is -0.350 e. The molecular weight excluding hydrogens is 260 g/mol. The summed E-state index contributed by atoms with van der Waals surface area (Å²) >= 11 is 1.76. The Hall–Kier alpha value is -0.490. The molecule has 3 heterocycles. The summed E-state index contributed by atoms with van der Waals surface area (Å²) in [4.78, 5) is 7.32. The van der Waals surface area contributed by atoms with Crippen LogP contribution in [0.3, 0.4) is 0 Å². The summed E-state index contributed by atoms with van der Waals surface area (Å²) in [6.45, 7) is 0. The maximum Gasteiger partial charge on any atom is 0.201 e. The largest absolute Gasteiger partial charge is 0.350 e. The lowest BCUT2D eigenvalue weighted by molar-refractivity contribution is -0.108. The number of aromatic nitrogens is 1. The normalized spacial score (nSPS) is 31.3. The zero-order chi connectivity index (χ0) is 13.4. The van der Waals surface area contributed by atoms with Crippen LogP contribution in [0.15, 0.2) is 5.38 Å². The lowest BCUT2D eigenvalue weighted by Gasteiger charge is -2.35. The van der Waals surface area contributed by atoms with Crippen LogP contribution in [0.25, 0.3) is 0 Å². The van der Waals surface area contributed by atoms with Crippen LogP contribution in [0, 0.1) is 0 Å². The predicted molar refractivity (Wildman–Crippen MR) is 75.4 cm³/mol. The molecule has 0 aromatic carbocycles. The maximum absolute atomic E-state index is 5.27. The minimum absolute atomic E-state index is 0.326. The Morgan fingerprint density at radius 3 is 2.47 bits per heavy atom. The van der Waals surface area contributed by atoms with Gasteiger partial charge in [0.15, 0.2) is 0 Å². The van der Waals surface area contributed by atoms with Gasteiger partial charge in [-0.2, -0.15) is 0 Å². The third kappa shape index (κ3) is 2.44.